The number of hydrogen-bond acceptors (Lipinski definition) is 4. The molecule has 6 aromatic carbocycles. The highest BCUT2D eigenvalue weighted by Gasteiger charge is 2.16. The number of benzene rings is 6. The Morgan fingerprint density at radius 3 is 2.21 bits per heavy atom. The van der Waals surface area contributed by atoms with E-state index in [1.54, 1.807) is 11.3 Å². The summed E-state index contributed by atoms with van der Waals surface area (Å²) in [5.74, 6) is 6.76. The lowest BCUT2D eigenvalue weighted by Crippen LogP contribution is -2.31. The van der Waals surface area contributed by atoms with E-state index in [1.165, 1.54) is 37.7 Å². The van der Waals surface area contributed by atoms with Crippen LogP contribution in [-0.2, 0) is 6.54 Å². The van der Waals surface area contributed by atoms with E-state index in [4.69, 9.17) is 15.3 Å². The zero-order valence-electron chi connectivity index (χ0n) is 23.2. The number of hydrazine groups is 1. The molecule has 0 aliphatic heterocycles. The number of nitrogens with two attached hydrogens (primary N) is 1. The smallest absolute Gasteiger partial charge is 0.144 e. The highest BCUT2D eigenvalue weighted by molar-refractivity contribution is 7.26. The van der Waals surface area contributed by atoms with Crippen molar-refractivity contribution in [2.75, 3.05) is 0 Å². The van der Waals surface area contributed by atoms with E-state index in [0.29, 0.717) is 12.4 Å². The number of nitrogens with one attached hydrogen (secondary N) is 1. The second-order valence-electron chi connectivity index (χ2n) is 10.6. The Morgan fingerprint density at radius 2 is 1.35 bits per heavy atom. The Morgan fingerprint density at radius 1 is 0.651 bits per heavy atom. The van der Waals surface area contributed by atoms with Gasteiger partial charge in [-0.2, -0.15) is 0 Å². The molecule has 206 valence electrons. The molecule has 0 bridgehead atoms. The minimum atomic E-state index is 0.441. The minimum absolute atomic E-state index is 0.441. The Hall–Kier alpha value is -5.23. The van der Waals surface area contributed by atoms with Gasteiger partial charge in [-0.15, -0.1) is 11.3 Å². The zero-order valence-corrected chi connectivity index (χ0v) is 24.1. The van der Waals surface area contributed by atoms with Crippen LogP contribution in [0.5, 0.6) is 0 Å². The predicted octanol–water partition coefficient (Wildman–Crippen LogP) is 9.70. The molecule has 0 aliphatic carbocycles. The molecule has 0 spiro atoms. The lowest BCUT2D eigenvalue weighted by molar-refractivity contribution is 0.663. The van der Waals surface area contributed by atoms with Crippen LogP contribution >= 0.6 is 11.3 Å². The van der Waals surface area contributed by atoms with Gasteiger partial charge in [0, 0.05) is 42.1 Å². The van der Waals surface area contributed by atoms with Gasteiger partial charge in [0.25, 0.3) is 0 Å². The van der Waals surface area contributed by atoms with Gasteiger partial charge in [-0.1, -0.05) is 115 Å². The van der Waals surface area contributed by atoms with Crippen LogP contribution in [0.2, 0.25) is 0 Å². The van der Waals surface area contributed by atoms with Gasteiger partial charge in [-0.3, -0.25) is 4.99 Å². The first-order valence-corrected chi connectivity index (χ1v) is 15.1. The number of furan rings is 1. The first kappa shape index (κ1) is 25.5. The van der Waals surface area contributed by atoms with Gasteiger partial charge in [0.1, 0.15) is 17.0 Å². The number of para-hydroxylation sites is 2. The zero-order chi connectivity index (χ0) is 28.8. The molecule has 0 aliphatic rings. The van der Waals surface area contributed by atoms with E-state index in [0.717, 1.165) is 37.8 Å². The van der Waals surface area contributed by atoms with Crippen LogP contribution in [0.1, 0.15) is 11.1 Å². The summed E-state index contributed by atoms with van der Waals surface area (Å²) in [6, 6.07) is 46.6. The maximum Gasteiger partial charge on any atom is 0.144 e. The predicted molar refractivity (Wildman–Crippen MR) is 181 cm³/mol. The van der Waals surface area contributed by atoms with Crippen molar-refractivity contribution in [3.05, 3.63) is 145 Å². The molecule has 8 rings (SSSR count). The molecule has 0 unspecified atom stereocenters. The van der Waals surface area contributed by atoms with Crippen molar-refractivity contribution in [2.45, 2.75) is 6.54 Å². The maximum absolute atomic E-state index is 6.23. The van der Waals surface area contributed by atoms with Crippen LogP contribution in [-0.4, -0.2) is 5.84 Å². The molecular weight excluding hydrogens is 547 g/mol. The van der Waals surface area contributed by atoms with Crippen molar-refractivity contribution in [3.8, 4) is 22.3 Å². The van der Waals surface area contributed by atoms with Crippen molar-refractivity contribution in [1.82, 2.24) is 5.43 Å². The third kappa shape index (κ3) is 4.38. The lowest BCUT2D eigenvalue weighted by Gasteiger charge is -2.09. The summed E-state index contributed by atoms with van der Waals surface area (Å²) in [4.78, 5) is 4.97. The number of aliphatic imine (C=N–C) groups is 1. The summed E-state index contributed by atoms with van der Waals surface area (Å²) in [7, 11) is 0. The van der Waals surface area contributed by atoms with E-state index < -0.39 is 0 Å². The largest absolute Gasteiger partial charge is 0.456 e. The van der Waals surface area contributed by atoms with Gasteiger partial charge in [0.2, 0.25) is 0 Å². The number of rotatable bonds is 5. The van der Waals surface area contributed by atoms with Crippen LogP contribution in [0.3, 0.4) is 0 Å². The Labute approximate surface area is 252 Å². The fourth-order valence-electron chi connectivity index (χ4n) is 6.05. The molecule has 8 aromatic rings. The van der Waals surface area contributed by atoms with Crippen LogP contribution < -0.4 is 11.3 Å². The summed E-state index contributed by atoms with van der Waals surface area (Å²) < 4.78 is 8.62. The number of hydrogen-bond donors (Lipinski definition) is 2. The van der Waals surface area contributed by atoms with E-state index in [9.17, 15) is 0 Å². The molecule has 43 heavy (non-hydrogen) atoms. The van der Waals surface area contributed by atoms with E-state index in [-0.39, 0.29) is 0 Å². The van der Waals surface area contributed by atoms with Gasteiger partial charge < -0.3 is 9.84 Å². The minimum Gasteiger partial charge on any atom is -0.456 e. The fourth-order valence-corrected chi connectivity index (χ4v) is 7.29. The first-order chi connectivity index (χ1) is 21.3. The average Bonchev–Trinajstić information content (AvgIpc) is 3.65. The highest BCUT2D eigenvalue weighted by atomic mass is 32.1. The number of thiophene rings is 1. The second-order valence-corrected chi connectivity index (χ2v) is 11.7. The van der Waals surface area contributed by atoms with Gasteiger partial charge in [0.15, 0.2) is 0 Å². The monoisotopic (exact) mass is 573 g/mol. The van der Waals surface area contributed by atoms with E-state index in [2.05, 4.69) is 115 Å². The molecule has 0 radical (unpaired) electrons. The Balaban J connectivity index is 1.20. The number of fused-ring (bicyclic) bond motifs is 6. The molecule has 4 nitrogen and oxygen atoms in total. The number of amidine groups is 1. The molecule has 3 N–H and O–H groups in total. The van der Waals surface area contributed by atoms with Crippen molar-refractivity contribution in [2.24, 2.45) is 10.8 Å². The normalized spacial score (nSPS) is 12.1. The molecule has 5 heteroatoms. The first-order valence-electron chi connectivity index (χ1n) is 14.3. The molecule has 2 aromatic heterocycles. The molecular formula is C38H27N3OS. The third-order valence-corrected chi connectivity index (χ3v) is 9.31. The quantitative estimate of drug-likeness (QED) is 0.0932. The molecule has 2 heterocycles. The van der Waals surface area contributed by atoms with Crippen LogP contribution in [0.4, 0.5) is 0 Å². The van der Waals surface area contributed by atoms with Crippen molar-refractivity contribution in [1.29, 1.82) is 0 Å². The average molecular weight is 574 g/mol. The topological polar surface area (TPSA) is 63.5 Å². The van der Waals surface area contributed by atoms with E-state index in [1.807, 2.05) is 24.3 Å². The van der Waals surface area contributed by atoms with E-state index >= 15 is 0 Å². The molecule has 0 saturated heterocycles. The fraction of sp³-hybridized carbons (Fsp3) is 0.0263. The summed E-state index contributed by atoms with van der Waals surface area (Å²) in [5, 5.41) is 4.66. The van der Waals surface area contributed by atoms with Gasteiger partial charge in [-0.25, -0.2) is 5.84 Å². The van der Waals surface area contributed by atoms with Crippen LogP contribution in [0.25, 0.3) is 64.4 Å². The summed E-state index contributed by atoms with van der Waals surface area (Å²) in [6.45, 7) is 0.441. The SMILES string of the molecule is NN/C(=N\Cc1cccc2c1oc1ccccc12)c1cccc2c1sc1cccc(-c3ccc(-c4ccccc4)cc3)c12. The Bertz CT molecular complexity index is 2300. The van der Waals surface area contributed by atoms with Crippen LogP contribution in [0, 0.1) is 0 Å². The highest BCUT2D eigenvalue weighted by Crippen LogP contribution is 2.42. The van der Waals surface area contributed by atoms with Crippen LogP contribution in [0.15, 0.2) is 143 Å². The lowest BCUT2D eigenvalue weighted by atomic mass is 9.96. The van der Waals surface area contributed by atoms with Crippen molar-refractivity contribution >= 4 is 59.3 Å². The maximum atomic E-state index is 6.23. The van der Waals surface area contributed by atoms with Gasteiger partial charge in [-0.05, 0) is 40.5 Å². The van der Waals surface area contributed by atoms with Gasteiger partial charge >= 0.3 is 0 Å². The molecule has 0 atom stereocenters. The summed E-state index contributed by atoms with van der Waals surface area (Å²) in [5.41, 5.74) is 11.5. The Kier molecular flexibility index (Phi) is 6.25. The molecule has 0 saturated carbocycles. The number of nitrogens with zero attached hydrogens (tertiary/aromatic N) is 1. The molecule has 0 amide bonds. The van der Waals surface area contributed by atoms with Crippen molar-refractivity contribution in [3.63, 3.8) is 0 Å². The summed E-state index contributed by atoms with van der Waals surface area (Å²) in [6.07, 6.45) is 0. The molecule has 0 fully saturated rings. The summed E-state index contributed by atoms with van der Waals surface area (Å²) >= 11 is 1.77. The second kappa shape index (κ2) is 10.6. The third-order valence-electron chi connectivity index (χ3n) is 8.11. The van der Waals surface area contributed by atoms with Gasteiger partial charge in [0.05, 0.1) is 6.54 Å². The van der Waals surface area contributed by atoms with Crippen molar-refractivity contribution < 1.29 is 4.42 Å². The standard InChI is InChI=1S/C38H27N3OS/c39-41-38(40-23-27-11-6-14-30-29-12-4-5-17-33(29)42-36(27)30)32-16-7-15-31-35-28(13-8-18-34(35)43-37(31)32)26-21-19-25(20-22-26)24-9-2-1-3-10-24/h1-22H,23,39H2,(H,40,41).